The maximum atomic E-state index is 14.6. The van der Waals surface area contributed by atoms with Crippen molar-refractivity contribution in [2.45, 2.75) is 131 Å². The molecule has 0 bridgehead atoms. The summed E-state index contributed by atoms with van der Waals surface area (Å²) in [5.74, 6) is -1.79. The molecular weight excluding hydrogens is 594 g/mol. The molecule has 2 N–H and O–H groups in total. The Hall–Kier alpha value is -3.88. The van der Waals surface area contributed by atoms with Gasteiger partial charge in [-0.2, -0.15) is 0 Å². The smallest absolute Gasteiger partial charge is 0.408 e. The summed E-state index contributed by atoms with van der Waals surface area (Å²) in [5, 5.41) is 5.74. The molecule has 0 aliphatic heterocycles. The molecule has 0 aromatic heterocycles. The number of nitrogens with zero attached hydrogens (tertiary/aromatic N) is 1. The van der Waals surface area contributed by atoms with Gasteiger partial charge in [0.2, 0.25) is 11.8 Å². The monoisotopic (exact) mass is 651 g/mol. The molecule has 3 unspecified atom stereocenters. The molecule has 0 spiro atoms. The summed E-state index contributed by atoms with van der Waals surface area (Å²) in [5.41, 5.74) is 1.93. The maximum Gasteiger partial charge on any atom is 0.408 e. The predicted molar refractivity (Wildman–Crippen MR) is 186 cm³/mol. The Labute approximate surface area is 282 Å². The number of aryl methyl sites for hydroxylation is 2. The number of amides is 3. The molecule has 0 aliphatic carbocycles. The average Bonchev–Trinajstić information content (AvgIpc) is 2.95. The lowest BCUT2D eigenvalue weighted by Gasteiger charge is -2.36. The Morgan fingerprint density at radius 2 is 1.43 bits per heavy atom. The van der Waals surface area contributed by atoms with E-state index < -0.39 is 53.2 Å². The summed E-state index contributed by atoms with van der Waals surface area (Å²) in [6.45, 7) is 20.6. The number of carbonyl (C=O) groups is 4. The highest BCUT2D eigenvalue weighted by molar-refractivity contribution is 5.94. The van der Waals surface area contributed by atoms with Gasteiger partial charge in [-0.15, -0.1) is 0 Å². The summed E-state index contributed by atoms with van der Waals surface area (Å²) in [4.78, 5) is 57.1. The van der Waals surface area contributed by atoms with Crippen LogP contribution in [-0.2, 0) is 30.3 Å². The van der Waals surface area contributed by atoms with Crippen LogP contribution >= 0.6 is 0 Å². The number of unbranched alkanes of at least 4 members (excludes halogenated alkanes) is 2. The third-order valence-corrected chi connectivity index (χ3v) is 7.59. The molecule has 2 rings (SSSR count). The molecule has 0 saturated carbocycles. The fourth-order valence-electron chi connectivity index (χ4n) is 5.10. The van der Waals surface area contributed by atoms with E-state index in [0.717, 1.165) is 29.5 Å². The van der Waals surface area contributed by atoms with Crippen molar-refractivity contribution >= 4 is 23.9 Å². The zero-order chi connectivity index (χ0) is 35.5. The van der Waals surface area contributed by atoms with Crippen molar-refractivity contribution in [1.82, 2.24) is 15.5 Å². The van der Waals surface area contributed by atoms with Crippen molar-refractivity contribution in [3.63, 3.8) is 0 Å². The maximum absolute atomic E-state index is 14.6. The van der Waals surface area contributed by atoms with Crippen molar-refractivity contribution in [3.05, 3.63) is 70.8 Å². The number of hydrogen-bond donors (Lipinski definition) is 2. The largest absolute Gasteiger partial charge is 0.458 e. The lowest BCUT2D eigenvalue weighted by molar-refractivity contribution is -0.159. The fraction of sp³-hybridized carbons (Fsp3) is 0.579. The second kappa shape index (κ2) is 17.3. The standard InChI is InChI=1S/C38H57N3O6/c1-12-13-17-22-41(34(43)31(25(2)3)40-36(45)47-38(9,10)11)32(29-21-20-26(4)27(5)23-29)33(42)39-30(35(44)46-37(6,7)8)24-28-18-15-14-16-19-28/h14-16,18-21,23,25,30-32H,12-13,17,22,24H2,1-11H3,(H,39,42)(H,40,45). The molecule has 0 radical (unpaired) electrons. The Balaban J connectivity index is 2.65. The Morgan fingerprint density at radius 3 is 1.96 bits per heavy atom. The molecule has 9 heteroatoms. The topological polar surface area (TPSA) is 114 Å². The first-order chi connectivity index (χ1) is 21.8. The molecule has 47 heavy (non-hydrogen) atoms. The Kier molecular flexibility index (Phi) is 14.5. The van der Waals surface area contributed by atoms with Crippen LogP contribution in [0.3, 0.4) is 0 Å². The van der Waals surface area contributed by atoms with Crippen LogP contribution < -0.4 is 10.6 Å². The van der Waals surface area contributed by atoms with Gasteiger partial charge in [-0.05, 0) is 90.0 Å². The van der Waals surface area contributed by atoms with Gasteiger partial charge >= 0.3 is 12.1 Å². The number of nitrogens with one attached hydrogen (secondary N) is 2. The number of esters is 1. The van der Waals surface area contributed by atoms with Gasteiger partial charge in [-0.3, -0.25) is 9.59 Å². The van der Waals surface area contributed by atoms with E-state index in [1.54, 1.807) is 46.4 Å². The third kappa shape index (κ3) is 13.0. The van der Waals surface area contributed by atoms with Gasteiger partial charge in [0.1, 0.15) is 29.3 Å². The second-order valence-electron chi connectivity index (χ2n) is 14.6. The number of hydrogen-bond acceptors (Lipinski definition) is 6. The van der Waals surface area contributed by atoms with E-state index in [1.807, 2.05) is 76.2 Å². The lowest BCUT2D eigenvalue weighted by Crippen LogP contribution is -2.56. The molecule has 2 aromatic rings. The van der Waals surface area contributed by atoms with E-state index in [9.17, 15) is 19.2 Å². The molecule has 3 amide bonds. The van der Waals surface area contributed by atoms with Gasteiger partial charge in [-0.1, -0.05) is 82.1 Å². The molecule has 260 valence electrons. The van der Waals surface area contributed by atoms with Gasteiger partial charge in [0.15, 0.2) is 0 Å². The minimum absolute atomic E-state index is 0.208. The SMILES string of the molecule is CCCCCN(C(=O)C(NC(=O)OC(C)(C)C)C(C)C)C(C(=O)NC(Cc1ccccc1)C(=O)OC(C)(C)C)c1ccc(C)c(C)c1. The van der Waals surface area contributed by atoms with Crippen LogP contribution in [0, 0.1) is 19.8 Å². The minimum atomic E-state index is -1.08. The van der Waals surface area contributed by atoms with Crippen LogP contribution in [-0.4, -0.2) is 58.6 Å². The van der Waals surface area contributed by atoms with Crippen molar-refractivity contribution < 1.29 is 28.7 Å². The van der Waals surface area contributed by atoms with Crippen molar-refractivity contribution in [2.75, 3.05) is 6.54 Å². The van der Waals surface area contributed by atoms with E-state index in [4.69, 9.17) is 9.47 Å². The van der Waals surface area contributed by atoms with Crippen molar-refractivity contribution in [3.8, 4) is 0 Å². The first kappa shape index (κ1) is 39.3. The average molecular weight is 652 g/mol. The van der Waals surface area contributed by atoms with E-state index in [0.29, 0.717) is 12.0 Å². The van der Waals surface area contributed by atoms with Crippen LogP contribution in [0.25, 0.3) is 0 Å². The normalized spacial score (nSPS) is 13.7. The minimum Gasteiger partial charge on any atom is -0.458 e. The van der Waals surface area contributed by atoms with Gasteiger partial charge in [0.25, 0.3) is 0 Å². The number of carbonyl (C=O) groups excluding carboxylic acids is 4. The Bertz CT molecular complexity index is 1340. The number of alkyl carbamates (subject to hydrolysis) is 1. The second-order valence-corrected chi connectivity index (χ2v) is 14.6. The number of rotatable bonds is 14. The van der Waals surface area contributed by atoms with Gasteiger partial charge in [0, 0.05) is 13.0 Å². The highest BCUT2D eigenvalue weighted by atomic mass is 16.6. The number of ether oxygens (including phenoxy) is 2. The Morgan fingerprint density at radius 1 is 0.809 bits per heavy atom. The first-order valence-corrected chi connectivity index (χ1v) is 16.8. The number of benzene rings is 2. The summed E-state index contributed by atoms with van der Waals surface area (Å²) < 4.78 is 11.2. The summed E-state index contributed by atoms with van der Waals surface area (Å²) in [6.07, 6.45) is 1.89. The van der Waals surface area contributed by atoms with Crippen LogP contribution in [0.2, 0.25) is 0 Å². The summed E-state index contributed by atoms with van der Waals surface area (Å²) >= 11 is 0. The predicted octanol–water partition coefficient (Wildman–Crippen LogP) is 6.98. The van der Waals surface area contributed by atoms with Gasteiger partial charge in [-0.25, -0.2) is 9.59 Å². The summed E-state index contributed by atoms with van der Waals surface area (Å²) in [6, 6.07) is 12.0. The van der Waals surface area contributed by atoms with Crippen LogP contribution in [0.1, 0.15) is 110 Å². The van der Waals surface area contributed by atoms with Crippen LogP contribution in [0.4, 0.5) is 4.79 Å². The van der Waals surface area contributed by atoms with E-state index >= 15 is 0 Å². The van der Waals surface area contributed by atoms with Gasteiger partial charge < -0.3 is 25.0 Å². The molecule has 0 aliphatic rings. The highest BCUT2D eigenvalue weighted by Gasteiger charge is 2.39. The van der Waals surface area contributed by atoms with Crippen molar-refractivity contribution in [2.24, 2.45) is 5.92 Å². The van der Waals surface area contributed by atoms with Crippen molar-refractivity contribution in [1.29, 1.82) is 0 Å². The zero-order valence-electron chi connectivity index (χ0n) is 30.4. The molecule has 3 atom stereocenters. The molecule has 0 heterocycles. The van der Waals surface area contributed by atoms with E-state index in [2.05, 4.69) is 17.6 Å². The van der Waals surface area contributed by atoms with E-state index in [-0.39, 0.29) is 18.9 Å². The first-order valence-electron chi connectivity index (χ1n) is 16.8. The van der Waals surface area contributed by atoms with Gasteiger partial charge in [0.05, 0.1) is 0 Å². The summed E-state index contributed by atoms with van der Waals surface area (Å²) in [7, 11) is 0. The zero-order valence-corrected chi connectivity index (χ0v) is 30.4. The van der Waals surface area contributed by atoms with Crippen LogP contribution in [0.5, 0.6) is 0 Å². The molecular formula is C38H57N3O6. The van der Waals surface area contributed by atoms with Crippen LogP contribution in [0.15, 0.2) is 48.5 Å². The van der Waals surface area contributed by atoms with E-state index in [1.165, 1.54) is 0 Å². The fourth-order valence-corrected chi connectivity index (χ4v) is 5.10. The molecule has 9 nitrogen and oxygen atoms in total. The quantitative estimate of drug-likeness (QED) is 0.168. The highest BCUT2D eigenvalue weighted by Crippen LogP contribution is 2.27. The molecule has 0 fully saturated rings. The third-order valence-electron chi connectivity index (χ3n) is 7.59. The lowest BCUT2D eigenvalue weighted by atomic mass is 9.95. The molecule has 0 saturated heterocycles. The molecule has 2 aromatic carbocycles.